The van der Waals surface area contributed by atoms with E-state index in [1.807, 2.05) is 6.07 Å². The van der Waals surface area contributed by atoms with Gasteiger partial charge in [-0.15, -0.1) is 0 Å². The molecule has 0 aromatic heterocycles. The zero-order valence-corrected chi connectivity index (χ0v) is 12.1. The number of urea groups is 1. The molecule has 5 nitrogen and oxygen atoms in total. The average Bonchev–Trinajstić information content (AvgIpc) is 2.89. The molecule has 20 heavy (non-hydrogen) atoms. The Labute approximate surface area is 118 Å². The Bertz CT molecular complexity index is 564. The third-order valence-electron chi connectivity index (χ3n) is 4.35. The predicted molar refractivity (Wildman–Crippen MR) is 76.6 cm³/mol. The van der Waals surface area contributed by atoms with Crippen LogP contribution in [0.15, 0.2) is 18.2 Å². The highest BCUT2D eigenvalue weighted by molar-refractivity contribution is 6.03. The van der Waals surface area contributed by atoms with Crippen LogP contribution in [0.4, 0.5) is 10.5 Å². The van der Waals surface area contributed by atoms with E-state index in [1.165, 1.54) is 21.1 Å². The summed E-state index contributed by atoms with van der Waals surface area (Å²) in [6.45, 7) is 3.15. The van der Waals surface area contributed by atoms with Crippen molar-refractivity contribution in [3.63, 3.8) is 0 Å². The molecule has 1 aromatic rings. The first-order chi connectivity index (χ1) is 9.49. The number of nitrogens with zero attached hydrogens (tertiary/aromatic N) is 3. The molecule has 0 spiro atoms. The van der Waals surface area contributed by atoms with Crippen LogP contribution in [0.25, 0.3) is 0 Å². The molecule has 1 fully saturated rings. The summed E-state index contributed by atoms with van der Waals surface area (Å²) >= 11 is 0. The van der Waals surface area contributed by atoms with Gasteiger partial charge in [0.1, 0.15) is 6.04 Å². The highest BCUT2D eigenvalue weighted by Gasteiger charge is 2.40. The molecule has 1 unspecified atom stereocenters. The molecule has 3 amide bonds. The van der Waals surface area contributed by atoms with Crippen molar-refractivity contribution >= 4 is 17.6 Å². The molecule has 2 aliphatic rings. The van der Waals surface area contributed by atoms with E-state index in [9.17, 15) is 9.59 Å². The number of rotatable bonds is 2. The minimum Gasteiger partial charge on any atom is -0.374 e. The zero-order valence-electron chi connectivity index (χ0n) is 12.1. The Morgan fingerprint density at radius 2 is 2.00 bits per heavy atom. The second-order valence-corrected chi connectivity index (χ2v) is 5.63. The lowest BCUT2D eigenvalue weighted by Crippen LogP contribution is -2.31. The van der Waals surface area contributed by atoms with Gasteiger partial charge in [-0.1, -0.05) is 12.1 Å². The Balaban J connectivity index is 1.82. The van der Waals surface area contributed by atoms with Gasteiger partial charge >= 0.3 is 6.03 Å². The minimum absolute atomic E-state index is 0.116. The lowest BCUT2D eigenvalue weighted by Gasteiger charge is -2.16. The van der Waals surface area contributed by atoms with E-state index in [1.54, 1.807) is 14.0 Å². The van der Waals surface area contributed by atoms with Crippen molar-refractivity contribution in [1.82, 2.24) is 9.80 Å². The summed E-state index contributed by atoms with van der Waals surface area (Å²) in [6.07, 6.45) is 1.03. The number of benzene rings is 1. The van der Waals surface area contributed by atoms with Gasteiger partial charge in [-0.2, -0.15) is 0 Å². The van der Waals surface area contributed by atoms with Crippen LogP contribution < -0.4 is 4.90 Å². The predicted octanol–water partition coefficient (Wildman–Crippen LogP) is 1.46. The SMILES string of the molecule is CC1C(=O)N(Cc2ccc3c(c2)CCN3C)C(=O)N1C. The number of carbonyl (C=O) groups is 2. The molecule has 0 radical (unpaired) electrons. The minimum atomic E-state index is -0.358. The second-order valence-electron chi connectivity index (χ2n) is 5.63. The van der Waals surface area contributed by atoms with Crippen molar-refractivity contribution in [2.24, 2.45) is 0 Å². The topological polar surface area (TPSA) is 43.9 Å². The van der Waals surface area contributed by atoms with E-state index in [4.69, 9.17) is 0 Å². The lowest BCUT2D eigenvalue weighted by molar-refractivity contribution is -0.128. The van der Waals surface area contributed by atoms with E-state index in [2.05, 4.69) is 24.1 Å². The first kappa shape index (κ1) is 13.0. The molecule has 0 bridgehead atoms. The van der Waals surface area contributed by atoms with Crippen LogP contribution in [0.1, 0.15) is 18.1 Å². The molecule has 3 rings (SSSR count). The van der Waals surface area contributed by atoms with Crippen LogP contribution in [0.3, 0.4) is 0 Å². The fraction of sp³-hybridized carbons (Fsp3) is 0.467. The standard InChI is InChI=1S/C15H19N3O2/c1-10-14(19)18(15(20)17(10)3)9-11-4-5-13-12(8-11)6-7-16(13)2/h4-5,8,10H,6-7,9H2,1-3H3. The van der Waals surface area contributed by atoms with Gasteiger partial charge < -0.3 is 9.80 Å². The number of likely N-dealkylation sites (N-methyl/N-ethyl adjacent to an activating group) is 2. The van der Waals surface area contributed by atoms with Crippen molar-refractivity contribution < 1.29 is 9.59 Å². The van der Waals surface area contributed by atoms with Gasteiger partial charge in [0.05, 0.1) is 6.54 Å². The maximum Gasteiger partial charge on any atom is 0.327 e. The van der Waals surface area contributed by atoms with Crippen molar-refractivity contribution in [1.29, 1.82) is 0 Å². The molecule has 0 aliphatic carbocycles. The first-order valence-corrected chi connectivity index (χ1v) is 6.90. The van der Waals surface area contributed by atoms with Gasteiger partial charge in [0.15, 0.2) is 0 Å². The van der Waals surface area contributed by atoms with Gasteiger partial charge in [0.2, 0.25) is 0 Å². The molecule has 0 N–H and O–H groups in total. The van der Waals surface area contributed by atoms with Crippen LogP contribution in [0.5, 0.6) is 0 Å². The molecular formula is C15H19N3O2. The molecule has 106 valence electrons. The number of imide groups is 1. The summed E-state index contributed by atoms with van der Waals surface area (Å²) in [5, 5.41) is 0. The van der Waals surface area contributed by atoms with Gasteiger partial charge in [0.25, 0.3) is 5.91 Å². The van der Waals surface area contributed by atoms with Gasteiger partial charge in [-0.3, -0.25) is 9.69 Å². The molecule has 1 atom stereocenters. The molecule has 1 aromatic carbocycles. The van der Waals surface area contributed by atoms with Crippen molar-refractivity contribution in [3.8, 4) is 0 Å². The molecule has 1 saturated heterocycles. The number of carbonyl (C=O) groups excluding carboxylic acids is 2. The quantitative estimate of drug-likeness (QED) is 0.766. The molecule has 0 saturated carbocycles. The first-order valence-electron chi connectivity index (χ1n) is 6.90. The Morgan fingerprint density at radius 1 is 1.25 bits per heavy atom. The van der Waals surface area contributed by atoms with Crippen molar-refractivity contribution in [2.75, 3.05) is 25.5 Å². The molecule has 5 heteroatoms. The number of amides is 3. The maximum absolute atomic E-state index is 12.1. The second kappa shape index (κ2) is 4.51. The largest absolute Gasteiger partial charge is 0.374 e. The third-order valence-corrected chi connectivity index (χ3v) is 4.35. The van der Waals surface area contributed by atoms with Crippen LogP contribution in [0.2, 0.25) is 0 Å². The Hall–Kier alpha value is -2.04. The maximum atomic E-state index is 12.1. The summed E-state index contributed by atoms with van der Waals surface area (Å²) < 4.78 is 0. The zero-order chi connectivity index (χ0) is 14.4. The molecular weight excluding hydrogens is 254 g/mol. The summed E-state index contributed by atoms with van der Waals surface area (Å²) in [6, 6.07) is 5.63. The molecule has 2 heterocycles. The molecule has 2 aliphatic heterocycles. The van der Waals surface area contributed by atoms with Crippen LogP contribution in [-0.4, -0.2) is 48.4 Å². The highest BCUT2D eigenvalue weighted by atomic mass is 16.2. The fourth-order valence-corrected chi connectivity index (χ4v) is 2.89. The third kappa shape index (κ3) is 1.85. The summed E-state index contributed by atoms with van der Waals surface area (Å²) in [5.41, 5.74) is 3.56. The normalized spacial score (nSPS) is 21.9. The van der Waals surface area contributed by atoms with Crippen LogP contribution >= 0.6 is 0 Å². The average molecular weight is 273 g/mol. The number of hydrogen-bond acceptors (Lipinski definition) is 3. The summed E-state index contributed by atoms with van der Waals surface area (Å²) in [7, 11) is 3.75. The van der Waals surface area contributed by atoms with E-state index in [-0.39, 0.29) is 18.0 Å². The Kier molecular flexibility index (Phi) is 2.92. The summed E-state index contributed by atoms with van der Waals surface area (Å²) in [4.78, 5) is 29.2. The van der Waals surface area contributed by atoms with E-state index < -0.39 is 0 Å². The monoisotopic (exact) mass is 273 g/mol. The summed E-state index contributed by atoms with van der Waals surface area (Å²) in [5.74, 6) is -0.116. The van der Waals surface area contributed by atoms with Gasteiger partial charge in [-0.05, 0) is 30.5 Å². The van der Waals surface area contributed by atoms with E-state index in [0.29, 0.717) is 6.54 Å². The fourth-order valence-electron chi connectivity index (χ4n) is 2.89. The van der Waals surface area contributed by atoms with E-state index in [0.717, 1.165) is 18.5 Å². The van der Waals surface area contributed by atoms with Crippen LogP contribution in [-0.2, 0) is 17.8 Å². The van der Waals surface area contributed by atoms with Crippen LogP contribution in [0, 0.1) is 0 Å². The Morgan fingerprint density at radius 3 is 2.65 bits per heavy atom. The van der Waals surface area contributed by atoms with Gasteiger partial charge in [-0.25, -0.2) is 4.79 Å². The number of hydrogen-bond donors (Lipinski definition) is 0. The number of anilines is 1. The van der Waals surface area contributed by atoms with E-state index >= 15 is 0 Å². The lowest BCUT2D eigenvalue weighted by atomic mass is 10.1. The number of fused-ring (bicyclic) bond motifs is 1. The smallest absolute Gasteiger partial charge is 0.327 e. The highest BCUT2D eigenvalue weighted by Crippen LogP contribution is 2.28. The van der Waals surface area contributed by atoms with Gasteiger partial charge in [0, 0.05) is 26.3 Å². The van der Waals surface area contributed by atoms with Crippen molar-refractivity contribution in [2.45, 2.75) is 25.9 Å². The van der Waals surface area contributed by atoms with Crippen molar-refractivity contribution in [3.05, 3.63) is 29.3 Å².